The number of nitrogen functional groups attached to an aromatic ring is 1. The number of para-hydroxylation sites is 1. The number of benzene rings is 1. The Kier molecular flexibility index (Phi) is 2.07. The smallest absolute Gasteiger partial charge is 0.0755 e. The molecule has 1 aromatic carbocycles. The summed E-state index contributed by atoms with van der Waals surface area (Å²) in [6.45, 7) is 2.09. The fourth-order valence-electron chi connectivity index (χ4n) is 2.59. The first-order chi connectivity index (χ1) is 7.81. The summed E-state index contributed by atoms with van der Waals surface area (Å²) in [5.41, 5.74) is 8.74. The molecule has 0 unspecified atom stereocenters. The highest BCUT2D eigenvalue weighted by Crippen LogP contribution is 2.34. The Morgan fingerprint density at radius 3 is 3.00 bits per heavy atom. The fourth-order valence-corrected chi connectivity index (χ4v) is 2.59. The lowest BCUT2D eigenvalue weighted by Gasteiger charge is -2.12. The number of hydrogen-bond acceptors (Lipinski definition) is 3. The highest BCUT2D eigenvalue weighted by atomic mass is 15.2. The number of aromatic nitrogens is 1. The molecule has 0 aliphatic heterocycles. The molecule has 0 atom stereocenters. The van der Waals surface area contributed by atoms with Crippen LogP contribution in [0.1, 0.15) is 23.2 Å². The minimum atomic E-state index is 1.07. The lowest BCUT2D eigenvalue weighted by molar-refractivity contribution is 0.901. The van der Waals surface area contributed by atoms with Crippen molar-refractivity contribution in [3.63, 3.8) is 0 Å². The van der Waals surface area contributed by atoms with Crippen LogP contribution < -0.4 is 11.3 Å². The lowest BCUT2D eigenvalue weighted by atomic mass is 10.0. The van der Waals surface area contributed by atoms with E-state index in [4.69, 9.17) is 10.8 Å². The molecule has 1 heterocycles. The zero-order chi connectivity index (χ0) is 11.1. The summed E-state index contributed by atoms with van der Waals surface area (Å²) < 4.78 is 0. The predicted molar refractivity (Wildman–Crippen MR) is 66.3 cm³/mol. The number of pyridine rings is 1. The molecule has 3 N–H and O–H groups in total. The zero-order valence-electron chi connectivity index (χ0n) is 9.38. The summed E-state index contributed by atoms with van der Waals surface area (Å²) in [6, 6.07) is 6.24. The number of nitrogens with two attached hydrogens (primary N) is 1. The third-order valence-electron chi connectivity index (χ3n) is 3.39. The van der Waals surface area contributed by atoms with Crippen molar-refractivity contribution in [3.05, 3.63) is 35.0 Å². The predicted octanol–water partition coefficient (Wildman–Crippen LogP) is 2.32. The van der Waals surface area contributed by atoms with Gasteiger partial charge in [-0.25, -0.2) is 0 Å². The van der Waals surface area contributed by atoms with Gasteiger partial charge in [-0.3, -0.25) is 10.8 Å². The summed E-state index contributed by atoms with van der Waals surface area (Å²) in [7, 11) is 0. The van der Waals surface area contributed by atoms with Crippen LogP contribution >= 0.6 is 0 Å². The van der Waals surface area contributed by atoms with Crippen LogP contribution in [-0.2, 0) is 12.8 Å². The van der Waals surface area contributed by atoms with Crippen LogP contribution in [0, 0.1) is 6.92 Å². The topological polar surface area (TPSA) is 50.9 Å². The monoisotopic (exact) mass is 213 g/mol. The molecule has 0 bridgehead atoms. The Bertz CT molecular complexity index is 561. The van der Waals surface area contributed by atoms with Crippen LogP contribution in [0.4, 0.5) is 5.69 Å². The molecular weight excluding hydrogens is 198 g/mol. The molecule has 82 valence electrons. The lowest BCUT2D eigenvalue weighted by Crippen LogP contribution is -2.10. The molecule has 0 spiro atoms. The molecule has 0 saturated heterocycles. The third kappa shape index (κ3) is 1.21. The quantitative estimate of drug-likeness (QED) is 0.564. The first kappa shape index (κ1) is 9.60. The summed E-state index contributed by atoms with van der Waals surface area (Å²) in [6.07, 6.45) is 3.35. The highest BCUT2D eigenvalue weighted by molar-refractivity contribution is 5.95. The van der Waals surface area contributed by atoms with E-state index in [0.717, 1.165) is 29.4 Å². The van der Waals surface area contributed by atoms with Crippen LogP contribution in [0.3, 0.4) is 0 Å². The fraction of sp³-hybridized carbons (Fsp3) is 0.308. The van der Waals surface area contributed by atoms with Gasteiger partial charge in [-0.05, 0) is 37.3 Å². The summed E-state index contributed by atoms with van der Waals surface area (Å²) in [4.78, 5) is 4.77. The number of rotatable bonds is 1. The highest BCUT2D eigenvalue weighted by Gasteiger charge is 2.19. The van der Waals surface area contributed by atoms with E-state index in [1.165, 1.54) is 23.2 Å². The van der Waals surface area contributed by atoms with E-state index in [9.17, 15) is 0 Å². The van der Waals surface area contributed by atoms with Crippen molar-refractivity contribution < 1.29 is 0 Å². The minimum Gasteiger partial charge on any atom is -0.323 e. The van der Waals surface area contributed by atoms with Crippen molar-refractivity contribution in [1.29, 1.82) is 0 Å². The largest absolute Gasteiger partial charge is 0.323 e. The van der Waals surface area contributed by atoms with Crippen LogP contribution in [0.5, 0.6) is 0 Å². The van der Waals surface area contributed by atoms with Gasteiger partial charge in [0, 0.05) is 11.1 Å². The van der Waals surface area contributed by atoms with Crippen LogP contribution in [0.25, 0.3) is 10.9 Å². The molecule has 0 amide bonds. The van der Waals surface area contributed by atoms with E-state index >= 15 is 0 Å². The van der Waals surface area contributed by atoms with Gasteiger partial charge < -0.3 is 5.43 Å². The number of aryl methyl sites for hydroxylation is 2. The normalized spacial score (nSPS) is 14.1. The Labute approximate surface area is 94.6 Å². The Balaban J connectivity index is 2.44. The van der Waals surface area contributed by atoms with Crippen molar-refractivity contribution in [2.24, 2.45) is 5.84 Å². The molecule has 1 aromatic heterocycles. The number of nitrogens with one attached hydrogen (secondary N) is 1. The van der Waals surface area contributed by atoms with Gasteiger partial charge in [0.15, 0.2) is 0 Å². The maximum atomic E-state index is 5.66. The number of hydrazine groups is 1. The molecule has 2 aromatic rings. The first-order valence-corrected chi connectivity index (χ1v) is 5.69. The van der Waals surface area contributed by atoms with Crippen molar-refractivity contribution in [1.82, 2.24) is 4.98 Å². The second-order valence-electron chi connectivity index (χ2n) is 4.38. The molecular formula is C13H15N3. The second-order valence-corrected chi connectivity index (χ2v) is 4.38. The Morgan fingerprint density at radius 2 is 2.19 bits per heavy atom. The summed E-state index contributed by atoms with van der Waals surface area (Å²) >= 11 is 0. The molecule has 1 aliphatic carbocycles. The number of anilines is 1. The van der Waals surface area contributed by atoms with Gasteiger partial charge in [-0.15, -0.1) is 0 Å². The van der Waals surface area contributed by atoms with E-state index < -0.39 is 0 Å². The average molecular weight is 213 g/mol. The summed E-state index contributed by atoms with van der Waals surface area (Å²) in [5, 5.41) is 1.14. The standard InChI is InChI=1S/C13H15N3/c1-8-4-2-6-10-12(8)15-11-7-3-5-9(11)13(10)16-14/h2,4,6H,3,5,7,14H2,1H3,(H,15,16). The van der Waals surface area contributed by atoms with Gasteiger partial charge in [0.2, 0.25) is 0 Å². The molecule has 3 rings (SSSR count). The van der Waals surface area contributed by atoms with Crippen molar-refractivity contribution in [2.45, 2.75) is 26.2 Å². The van der Waals surface area contributed by atoms with Crippen molar-refractivity contribution >= 4 is 16.6 Å². The van der Waals surface area contributed by atoms with Gasteiger partial charge >= 0.3 is 0 Å². The molecule has 0 fully saturated rings. The first-order valence-electron chi connectivity index (χ1n) is 5.69. The maximum Gasteiger partial charge on any atom is 0.0755 e. The number of fused-ring (bicyclic) bond motifs is 2. The van der Waals surface area contributed by atoms with Crippen molar-refractivity contribution in [3.8, 4) is 0 Å². The van der Waals surface area contributed by atoms with Crippen molar-refractivity contribution in [2.75, 3.05) is 5.43 Å². The van der Waals surface area contributed by atoms with Gasteiger partial charge in [0.05, 0.1) is 11.2 Å². The van der Waals surface area contributed by atoms with E-state index in [0.29, 0.717) is 0 Å². The summed E-state index contributed by atoms with van der Waals surface area (Å²) in [5.74, 6) is 5.66. The minimum absolute atomic E-state index is 1.07. The zero-order valence-corrected chi connectivity index (χ0v) is 9.38. The molecule has 16 heavy (non-hydrogen) atoms. The van der Waals surface area contributed by atoms with E-state index in [1.54, 1.807) is 0 Å². The molecule has 3 nitrogen and oxygen atoms in total. The van der Waals surface area contributed by atoms with E-state index in [-0.39, 0.29) is 0 Å². The van der Waals surface area contributed by atoms with Crippen LogP contribution in [-0.4, -0.2) is 4.98 Å². The van der Waals surface area contributed by atoms with Crippen LogP contribution in [0.15, 0.2) is 18.2 Å². The second kappa shape index (κ2) is 3.46. The molecule has 3 heteroatoms. The van der Waals surface area contributed by atoms with Gasteiger partial charge in [0.1, 0.15) is 0 Å². The van der Waals surface area contributed by atoms with Gasteiger partial charge in [-0.2, -0.15) is 0 Å². The van der Waals surface area contributed by atoms with E-state index in [1.807, 2.05) is 0 Å². The SMILES string of the molecule is Cc1cccc2c(NN)c3c(nc12)CCC3. The van der Waals surface area contributed by atoms with Gasteiger partial charge in [0.25, 0.3) is 0 Å². The Morgan fingerprint density at radius 1 is 1.31 bits per heavy atom. The third-order valence-corrected chi connectivity index (χ3v) is 3.39. The average Bonchev–Trinajstić information content (AvgIpc) is 2.75. The molecule has 1 aliphatic rings. The van der Waals surface area contributed by atoms with Gasteiger partial charge in [-0.1, -0.05) is 18.2 Å². The number of hydrogen-bond donors (Lipinski definition) is 2. The van der Waals surface area contributed by atoms with E-state index in [2.05, 4.69) is 30.5 Å². The number of nitrogens with zero attached hydrogens (tertiary/aromatic N) is 1. The van der Waals surface area contributed by atoms with Crippen LogP contribution in [0.2, 0.25) is 0 Å². The molecule has 0 radical (unpaired) electrons. The molecule has 0 saturated carbocycles. The Hall–Kier alpha value is -1.61. The maximum absolute atomic E-state index is 5.66.